The van der Waals surface area contributed by atoms with Crippen molar-refractivity contribution in [2.24, 2.45) is 5.10 Å². The number of carbonyl (C=O) groups excluding carboxylic acids is 1. The summed E-state index contributed by atoms with van der Waals surface area (Å²) in [6.45, 7) is 0.398. The van der Waals surface area contributed by atoms with E-state index in [1.807, 2.05) is 6.07 Å². The van der Waals surface area contributed by atoms with Gasteiger partial charge in [-0.2, -0.15) is 10.2 Å². The molecule has 31 heavy (non-hydrogen) atoms. The van der Waals surface area contributed by atoms with Crippen molar-refractivity contribution in [3.05, 3.63) is 69.5 Å². The summed E-state index contributed by atoms with van der Waals surface area (Å²) in [4.78, 5) is 12.4. The number of ether oxygens (including phenoxy) is 3. The molecular formula is C21H20Cl2N4O4. The summed E-state index contributed by atoms with van der Waals surface area (Å²) in [5.74, 6) is 1.08. The lowest BCUT2D eigenvalue weighted by atomic mass is 10.2. The van der Waals surface area contributed by atoms with E-state index in [0.717, 1.165) is 5.56 Å². The topological polar surface area (TPSA) is 87.0 Å². The molecule has 0 saturated heterocycles. The Hall–Kier alpha value is -3.23. The Kier molecular flexibility index (Phi) is 7.38. The predicted molar refractivity (Wildman–Crippen MR) is 119 cm³/mol. The zero-order valence-electron chi connectivity index (χ0n) is 17.1. The van der Waals surface area contributed by atoms with Crippen LogP contribution in [0.1, 0.15) is 21.6 Å². The molecule has 0 aliphatic carbocycles. The van der Waals surface area contributed by atoms with Crippen molar-refractivity contribution in [1.82, 2.24) is 15.2 Å². The number of amides is 1. The second-order valence-electron chi connectivity index (χ2n) is 6.28. The van der Waals surface area contributed by atoms with Crippen LogP contribution in [0.3, 0.4) is 0 Å². The number of nitrogens with one attached hydrogen (secondary N) is 1. The Balaban J connectivity index is 1.68. The highest BCUT2D eigenvalue weighted by Crippen LogP contribution is 2.33. The van der Waals surface area contributed by atoms with Gasteiger partial charge in [0.2, 0.25) is 0 Å². The van der Waals surface area contributed by atoms with Crippen molar-refractivity contribution < 1.29 is 19.0 Å². The van der Waals surface area contributed by atoms with Gasteiger partial charge in [0.05, 0.1) is 34.1 Å². The van der Waals surface area contributed by atoms with Gasteiger partial charge in [0.1, 0.15) is 5.75 Å². The minimum Gasteiger partial charge on any atom is -0.496 e. The minimum absolute atomic E-state index is 0.210. The highest BCUT2D eigenvalue weighted by atomic mass is 35.5. The molecule has 0 atom stereocenters. The second kappa shape index (κ2) is 10.2. The molecule has 2 aromatic carbocycles. The van der Waals surface area contributed by atoms with Gasteiger partial charge in [-0.25, -0.2) is 5.43 Å². The maximum atomic E-state index is 12.4. The van der Waals surface area contributed by atoms with Gasteiger partial charge >= 0.3 is 0 Å². The number of rotatable bonds is 8. The molecule has 0 unspecified atom stereocenters. The van der Waals surface area contributed by atoms with E-state index in [1.165, 1.54) is 27.5 Å². The minimum atomic E-state index is -0.461. The molecule has 162 valence electrons. The number of methoxy groups -OCH3 is 3. The molecule has 0 radical (unpaired) electrons. The predicted octanol–water partition coefficient (Wildman–Crippen LogP) is 4.03. The molecule has 0 bridgehead atoms. The van der Waals surface area contributed by atoms with Gasteiger partial charge in [-0.05, 0) is 29.8 Å². The fourth-order valence-corrected chi connectivity index (χ4v) is 3.23. The van der Waals surface area contributed by atoms with Crippen LogP contribution in [-0.2, 0) is 6.54 Å². The van der Waals surface area contributed by atoms with Crippen LogP contribution in [0.5, 0.6) is 17.2 Å². The number of hydrogen-bond acceptors (Lipinski definition) is 6. The number of aromatic nitrogens is 2. The van der Waals surface area contributed by atoms with Crippen LogP contribution in [-0.4, -0.2) is 43.2 Å². The summed E-state index contributed by atoms with van der Waals surface area (Å²) in [6.07, 6.45) is 3.13. The Labute approximate surface area is 189 Å². The molecule has 1 N–H and O–H groups in total. The smallest absolute Gasteiger partial charge is 0.291 e. The van der Waals surface area contributed by atoms with Gasteiger partial charge in [-0.15, -0.1) is 0 Å². The molecule has 0 saturated carbocycles. The van der Waals surface area contributed by atoms with Crippen molar-refractivity contribution in [3.63, 3.8) is 0 Å². The summed E-state index contributed by atoms with van der Waals surface area (Å²) in [5, 5.41) is 9.33. The zero-order chi connectivity index (χ0) is 22.4. The van der Waals surface area contributed by atoms with Crippen molar-refractivity contribution in [2.75, 3.05) is 21.3 Å². The van der Waals surface area contributed by atoms with E-state index in [0.29, 0.717) is 39.4 Å². The lowest BCUT2D eigenvalue weighted by Gasteiger charge is -2.11. The van der Waals surface area contributed by atoms with Crippen LogP contribution in [0, 0.1) is 0 Å². The third-order valence-corrected chi connectivity index (χ3v) is 4.91. The number of carbonyl (C=O) groups is 1. The van der Waals surface area contributed by atoms with Gasteiger partial charge < -0.3 is 14.2 Å². The van der Waals surface area contributed by atoms with Gasteiger partial charge in [0, 0.05) is 27.9 Å². The Morgan fingerprint density at radius 2 is 1.77 bits per heavy atom. The number of hydrogen-bond donors (Lipinski definition) is 1. The molecule has 0 aliphatic heterocycles. The quantitative estimate of drug-likeness (QED) is 0.403. The lowest BCUT2D eigenvalue weighted by molar-refractivity contribution is 0.0949. The van der Waals surface area contributed by atoms with Crippen LogP contribution >= 0.6 is 23.2 Å². The van der Waals surface area contributed by atoms with Crippen molar-refractivity contribution in [2.45, 2.75) is 6.54 Å². The molecule has 8 nitrogen and oxygen atoms in total. The zero-order valence-corrected chi connectivity index (χ0v) is 18.6. The first-order chi connectivity index (χ1) is 14.9. The third kappa shape index (κ3) is 5.48. The molecule has 0 fully saturated rings. The molecule has 3 aromatic rings. The van der Waals surface area contributed by atoms with E-state index in [-0.39, 0.29) is 5.69 Å². The van der Waals surface area contributed by atoms with E-state index in [9.17, 15) is 4.79 Å². The summed E-state index contributed by atoms with van der Waals surface area (Å²) in [6, 6.07) is 10.2. The van der Waals surface area contributed by atoms with Crippen LogP contribution in [0.2, 0.25) is 10.0 Å². The Morgan fingerprint density at radius 1 is 1.06 bits per heavy atom. The van der Waals surface area contributed by atoms with Crippen LogP contribution < -0.4 is 19.6 Å². The number of benzene rings is 2. The normalized spacial score (nSPS) is 10.9. The first-order valence-electron chi connectivity index (χ1n) is 9.06. The number of nitrogens with zero attached hydrogens (tertiary/aromatic N) is 3. The summed E-state index contributed by atoms with van der Waals surface area (Å²) < 4.78 is 17.5. The fraction of sp³-hybridized carbons (Fsp3) is 0.190. The van der Waals surface area contributed by atoms with Crippen molar-refractivity contribution in [1.29, 1.82) is 0 Å². The van der Waals surface area contributed by atoms with Crippen molar-refractivity contribution in [3.8, 4) is 17.2 Å². The molecule has 10 heteroatoms. The number of hydrazone groups is 1. The average molecular weight is 463 g/mol. The summed E-state index contributed by atoms with van der Waals surface area (Å²) in [5.41, 5.74) is 4.09. The number of halogens is 2. The van der Waals surface area contributed by atoms with Crippen LogP contribution in [0.4, 0.5) is 0 Å². The second-order valence-corrected chi connectivity index (χ2v) is 7.13. The Bertz CT molecular complexity index is 1110. The maximum Gasteiger partial charge on any atom is 0.291 e. The van der Waals surface area contributed by atoms with Crippen LogP contribution in [0.15, 0.2) is 47.7 Å². The summed E-state index contributed by atoms with van der Waals surface area (Å²) in [7, 11) is 4.59. The molecular weight excluding hydrogens is 443 g/mol. The molecule has 0 aliphatic rings. The van der Waals surface area contributed by atoms with Crippen molar-refractivity contribution >= 4 is 35.3 Å². The fourth-order valence-electron chi connectivity index (χ4n) is 2.77. The van der Waals surface area contributed by atoms with Gasteiger partial charge in [-0.3, -0.25) is 9.48 Å². The van der Waals surface area contributed by atoms with E-state index < -0.39 is 5.91 Å². The maximum absolute atomic E-state index is 12.4. The van der Waals surface area contributed by atoms with Crippen LogP contribution in [0.25, 0.3) is 0 Å². The first kappa shape index (κ1) is 22.5. The third-order valence-electron chi connectivity index (χ3n) is 4.33. The monoisotopic (exact) mass is 462 g/mol. The highest BCUT2D eigenvalue weighted by molar-refractivity contribution is 6.35. The highest BCUT2D eigenvalue weighted by Gasteiger charge is 2.12. The van der Waals surface area contributed by atoms with Gasteiger partial charge in [-0.1, -0.05) is 29.3 Å². The molecule has 3 rings (SSSR count). The standard InChI is InChI=1S/C21H20Cl2N4O4/c1-29-18-10-20(31-3)19(30-2)8-14(18)11-24-25-21(28)17-6-7-27(26-17)12-13-4-5-15(22)9-16(13)23/h4-11H,12H2,1-3H3,(H,25,28)/b24-11+. The van der Waals surface area contributed by atoms with Gasteiger partial charge in [0.15, 0.2) is 17.2 Å². The van der Waals surface area contributed by atoms with E-state index in [4.69, 9.17) is 37.4 Å². The molecule has 1 aromatic heterocycles. The largest absolute Gasteiger partial charge is 0.496 e. The van der Waals surface area contributed by atoms with E-state index in [2.05, 4.69) is 15.6 Å². The van der Waals surface area contributed by atoms with Gasteiger partial charge in [0.25, 0.3) is 5.91 Å². The van der Waals surface area contributed by atoms with E-state index >= 15 is 0 Å². The molecule has 0 spiro atoms. The Morgan fingerprint density at radius 3 is 2.45 bits per heavy atom. The summed E-state index contributed by atoms with van der Waals surface area (Å²) >= 11 is 12.1. The lowest BCUT2D eigenvalue weighted by Crippen LogP contribution is -2.18. The SMILES string of the molecule is COc1cc(OC)c(OC)cc1/C=N/NC(=O)c1ccn(Cc2ccc(Cl)cc2Cl)n1. The first-order valence-corrected chi connectivity index (χ1v) is 9.81. The molecule has 1 heterocycles. The molecule has 1 amide bonds. The van der Waals surface area contributed by atoms with E-state index in [1.54, 1.807) is 41.2 Å². The average Bonchev–Trinajstić information content (AvgIpc) is 3.24.